The number of aryl methyl sites for hydroxylation is 1. The predicted octanol–water partition coefficient (Wildman–Crippen LogP) is 2.85. The lowest BCUT2D eigenvalue weighted by molar-refractivity contribution is 0.685. The second-order valence-corrected chi connectivity index (χ2v) is 4.56. The zero-order valence-electron chi connectivity index (χ0n) is 9.60. The number of imidazole rings is 1. The highest BCUT2D eigenvalue weighted by atomic mass is 32.1. The fraction of sp³-hybridized carbons (Fsp3) is 0.455. The highest BCUT2D eigenvalue weighted by molar-refractivity contribution is 7.18. The number of rotatable bonds is 5. The van der Waals surface area contributed by atoms with Gasteiger partial charge in [0, 0.05) is 19.3 Å². The van der Waals surface area contributed by atoms with E-state index in [1.165, 1.54) is 4.88 Å². The number of hydrogen-bond acceptors (Lipinski definition) is 4. The van der Waals surface area contributed by atoms with Crippen molar-refractivity contribution >= 4 is 16.5 Å². The van der Waals surface area contributed by atoms with Crippen LogP contribution in [0.25, 0.3) is 10.6 Å². The molecule has 4 nitrogen and oxygen atoms in total. The van der Waals surface area contributed by atoms with Crippen molar-refractivity contribution in [2.45, 2.75) is 26.8 Å². The van der Waals surface area contributed by atoms with Crippen LogP contribution < -0.4 is 5.32 Å². The lowest BCUT2D eigenvalue weighted by Gasteiger charge is -2.03. The Morgan fingerprint density at radius 3 is 3.00 bits per heavy atom. The second-order valence-electron chi connectivity index (χ2n) is 3.53. The predicted molar refractivity (Wildman–Crippen MR) is 67.8 cm³/mol. The zero-order chi connectivity index (χ0) is 11.4. The van der Waals surface area contributed by atoms with Crippen molar-refractivity contribution < 1.29 is 0 Å². The van der Waals surface area contributed by atoms with Gasteiger partial charge in [0.15, 0.2) is 5.13 Å². The molecule has 2 heterocycles. The molecule has 0 aromatic carbocycles. The van der Waals surface area contributed by atoms with Gasteiger partial charge in [-0.25, -0.2) is 9.97 Å². The van der Waals surface area contributed by atoms with E-state index in [1.54, 1.807) is 11.3 Å². The van der Waals surface area contributed by atoms with Gasteiger partial charge in [-0.05, 0) is 13.3 Å². The first-order valence-corrected chi connectivity index (χ1v) is 6.37. The fourth-order valence-electron chi connectivity index (χ4n) is 1.57. The van der Waals surface area contributed by atoms with Crippen LogP contribution in [0.1, 0.15) is 20.3 Å². The third-order valence-corrected chi connectivity index (χ3v) is 3.24. The van der Waals surface area contributed by atoms with Crippen LogP contribution in [-0.2, 0) is 6.54 Å². The van der Waals surface area contributed by atoms with E-state index in [9.17, 15) is 0 Å². The van der Waals surface area contributed by atoms with Crippen molar-refractivity contribution in [3.05, 3.63) is 18.7 Å². The molecule has 0 bridgehead atoms. The molecule has 0 amide bonds. The minimum Gasteiger partial charge on any atom is -0.362 e. The molecule has 0 aliphatic rings. The molecule has 5 heteroatoms. The van der Waals surface area contributed by atoms with Crippen molar-refractivity contribution in [3.8, 4) is 10.6 Å². The lowest BCUT2D eigenvalue weighted by Crippen LogP contribution is -1.95. The summed E-state index contributed by atoms with van der Waals surface area (Å²) >= 11 is 1.67. The van der Waals surface area contributed by atoms with Crippen LogP contribution in [0, 0.1) is 0 Å². The third-order valence-electron chi connectivity index (χ3n) is 2.26. The van der Waals surface area contributed by atoms with E-state index in [-0.39, 0.29) is 0 Å². The van der Waals surface area contributed by atoms with Crippen LogP contribution in [-0.4, -0.2) is 21.1 Å². The molecule has 0 atom stereocenters. The van der Waals surface area contributed by atoms with Crippen LogP contribution >= 0.6 is 11.3 Å². The monoisotopic (exact) mass is 236 g/mol. The van der Waals surface area contributed by atoms with Crippen LogP contribution in [0.2, 0.25) is 0 Å². The average molecular weight is 236 g/mol. The minimum atomic E-state index is 0.904. The molecule has 16 heavy (non-hydrogen) atoms. The van der Waals surface area contributed by atoms with Gasteiger partial charge in [-0.3, -0.25) is 0 Å². The summed E-state index contributed by atoms with van der Waals surface area (Å²) in [5.41, 5.74) is 1.16. The first-order valence-electron chi connectivity index (χ1n) is 5.55. The second kappa shape index (κ2) is 5.12. The molecule has 2 aromatic rings. The van der Waals surface area contributed by atoms with Gasteiger partial charge in [0.25, 0.3) is 0 Å². The summed E-state index contributed by atoms with van der Waals surface area (Å²) in [6.45, 7) is 6.15. The first kappa shape index (κ1) is 11.1. The molecule has 0 aliphatic carbocycles. The molecule has 0 fully saturated rings. The molecular formula is C11H16N4S. The van der Waals surface area contributed by atoms with Crippen molar-refractivity contribution in [2.24, 2.45) is 0 Å². The molecule has 0 aliphatic heterocycles. The van der Waals surface area contributed by atoms with Gasteiger partial charge in [0.05, 0.1) is 23.1 Å². The van der Waals surface area contributed by atoms with Crippen molar-refractivity contribution in [1.82, 2.24) is 14.5 Å². The van der Waals surface area contributed by atoms with E-state index < -0.39 is 0 Å². The summed E-state index contributed by atoms with van der Waals surface area (Å²) in [7, 11) is 0. The van der Waals surface area contributed by atoms with Crippen LogP contribution in [0.5, 0.6) is 0 Å². The summed E-state index contributed by atoms with van der Waals surface area (Å²) in [5, 5.41) is 4.19. The van der Waals surface area contributed by atoms with Crippen LogP contribution in [0.3, 0.4) is 0 Å². The highest BCUT2D eigenvalue weighted by Crippen LogP contribution is 2.28. The summed E-state index contributed by atoms with van der Waals surface area (Å²) in [6, 6.07) is 0. The summed E-state index contributed by atoms with van der Waals surface area (Å²) < 4.78 is 2.17. The first-order chi connectivity index (χ1) is 7.85. The lowest BCUT2D eigenvalue weighted by atomic mass is 10.4. The quantitative estimate of drug-likeness (QED) is 0.868. The zero-order valence-corrected chi connectivity index (χ0v) is 10.4. The normalized spacial score (nSPS) is 10.6. The maximum absolute atomic E-state index is 4.33. The summed E-state index contributed by atoms with van der Waals surface area (Å²) in [4.78, 5) is 9.69. The fourth-order valence-corrected chi connectivity index (χ4v) is 2.48. The van der Waals surface area contributed by atoms with Gasteiger partial charge < -0.3 is 9.88 Å². The minimum absolute atomic E-state index is 0.904. The molecule has 0 saturated carbocycles. The van der Waals surface area contributed by atoms with Crippen LogP contribution in [0.4, 0.5) is 5.13 Å². The smallest absolute Gasteiger partial charge is 0.183 e. The average Bonchev–Trinajstić information content (AvgIpc) is 2.87. The molecule has 0 saturated heterocycles. The Bertz CT molecular complexity index is 446. The van der Waals surface area contributed by atoms with E-state index >= 15 is 0 Å². The Labute approximate surface area is 99.4 Å². The SMILES string of the molecule is CCCn1cncc1-c1cnc(NCC)s1. The van der Waals surface area contributed by atoms with Gasteiger partial charge in [0.2, 0.25) is 0 Å². The number of nitrogens with one attached hydrogen (secondary N) is 1. The molecule has 0 radical (unpaired) electrons. The molecule has 1 N–H and O–H groups in total. The van der Waals surface area contributed by atoms with E-state index in [0.717, 1.165) is 30.3 Å². The number of nitrogens with zero attached hydrogens (tertiary/aromatic N) is 3. The van der Waals surface area contributed by atoms with Gasteiger partial charge >= 0.3 is 0 Å². The Kier molecular flexibility index (Phi) is 3.56. The Balaban J connectivity index is 2.24. The van der Waals surface area contributed by atoms with Crippen molar-refractivity contribution in [3.63, 3.8) is 0 Å². The van der Waals surface area contributed by atoms with E-state index in [4.69, 9.17) is 0 Å². The number of hydrogen-bond donors (Lipinski definition) is 1. The van der Waals surface area contributed by atoms with Gasteiger partial charge in [-0.15, -0.1) is 0 Å². The Morgan fingerprint density at radius 1 is 1.38 bits per heavy atom. The number of thiazole rings is 1. The Morgan fingerprint density at radius 2 is 2.25 bits per heavy atom. The highest BCUT2D eigenvalue weighted by Gasteiger charge is 2.08. The molecule has 86 valence electrons. The maximum Gasteiger partial charge on any atom is 0.183 e. The third kappa shape index (κ3) is 2.24. The van der Waals surface area contributed by atoms with Gasteiger partial charge in [-0.2, -0.15) is 0 Å². The Hall–Kier alpha value is -1.36. The van der Waals surface area contributed by atoms with E-state index in [0.29, 0.717) is 0 Å². The standard InChI is InChI=1S/C11H16N4S/c1-3-5-15-8-12-6-9(15)10-7-14-11(16-10)13-4-2/h6-8H,3-5H2,1-2H3,(H,13,14). The van der Waals surface area contributed by atoms with Crippen molar-refractivity contribution in [2.75, 3.05) is 11.9 Å². The van der Waals surface area contributed by atoms with Gasteiger partial charge in [0.1, 0.15) is 0 Å². The maximum atomic E-state index is 4.33. The van der Waals surface area contributed by atoms with E-state index in [2.05, 4.69) is 33.7 Å². The molecule has 0 unspecified atom stereocenters. The molecular weight excluding hydrogens is 220 g/mol. The topological polar surface area (TPSA) is 42.7 Å². The molecule has 2 aromatic heterocycles. The van der Waals surface area contributed by atoms with Gasteiger partial charge in [-0.1, -0.05) is 18.3 Å². The molecule has 0 spiro atoms. The molecule has 2 rings (SSSR count). The van der Waals surface area contributed by atoms with E-state index in [1.807, 2.05) is 18.7 Å². The number of anilines is 1. The number of aromatic nitrogens is 3. The summed E-state index contributed by atoms with van der Waals surface area (Å²) in [6.07, 6.45) is 6.80. The summed E-state index contributed by atoms with van der Waals surface area (Å²) in [5.74, 6) is 0. The van der Waals surface area contributed by atoms with Crippen LogP contribution in [0.15, 0.2) is 18.7 Å². The van der Waals surface area contributed by atoms with Crippen molar-refractivity contribution in [1.29, 1.82) is 0 Å². The largest absolute Gasteiger partial charge is 0.362 e.